The molecule has 4 aliphatic heterocycles. The van der Waals surface area contributed by atoms with Crippen LogP contribution in [0.3, 0.4) is 0 Å². The number of halogens is 2. The Kier molecular flexibility index (Phi) is 11.6. The Morgan fingerprint density at radius 3 is 2.60 bits per heavy atom. The van der Waals surface area contributed by atoms with Crippen LogP contribution in [-0.4, -0.2) is 121 Å². The van der Waals surface area contributed by atoms with E-state index in [-0.39, 0.29) is 66.6 Å². The summed E-state index contributed by atoms with van der Waals surface area (Å²) >= 11 is 0. The third-order valence-electron chi connectivity index (χ3n) is 13.8. The second-order valence-electron chi connectivity index (χ2n) is 17.7. The van der Waals surface area contributed by atoms with E-state index in [4.69, 9.17) is 19.2 Å². The summed E-state index contributed by atoms with van der Waals surface area (Å²) in [5, 5.41) is 13.6. The number of likely N-dealkylation sites (tertiary alicyclic amines) is 1. The van der Waals surface area contributed by atoms with E-state index in [1.54, 1.807) is 30.1 Å². The zero-order valence-electron chi connectivity index (χ0n) is 36.3. The number of rotatable bonds is 11. The number of methoxy groups -OCH3 is 1. The highest BCUT2D eigenvalue weighted by molar-refractivity contribution is 6.08. The van der Waals surface area contributed by atoms with E-state index in [2.05, 4.69) is 42.5 Å². The molecule has 342 valence electrons. The number of hydrogen-bond donors (Lipinski definition) is 2. The van der Waals surface area contributed by atoms with Crippen molar-refractivity contribution in [2.24, 2.45) is 13.0 Å². The first-order chi connectivity index (χ1) is 31.5. The molecule has 20 heteroatoms. The van der Waals surface area contributed by atoms with Crippen molar-refractivity contribution in [3.8, 4) is 17.6 Å². The number of nitrogens with zero attached hydrogens (tertiary/aromatic N) is 9. The zero-order valence-corrected chi connectivity index (χ0v) is 36.3. The molecular weight excluding hydrogens is 845 g/mol. The normalized spacial score (nSPS) is 24.0. The Bertz CT molecular complexity index is 2770. The molecule has 3 amide bonds. The molecule has 18 nitrogen and oxygen atoms in total. The van der Waals surface area contributed by atoms with Gasteiger partial charge in [0.2, 0.25) is 11.8 Å². The predicted molar refractivity (Wildman–Crippen MR) is 232 cm³/mol. The minimum Gasteiger partial charge on any atom is -0.495 e. The van der Waals surface area contributed by atoms with Gasteiger partial charge in [0.05, 0.1) is 66.5 Å². The van der Waals surface area contributed by atoms with Crippen LogP contribution < -0.4 is 26.0 Å². The van der Waals surface area contributed by atoms with E-state index in [9.17, 15) is 28.0 Å². The number of carbonyl (C=O) groups excluding carboxylic acids is 3. The van der Waals surface area contributed by atoms with E-state index in [0.29, 0.717) is 40.5 Å². The van der Waals surface area contributed by atoms with Crippen LogP contribution in [0.2, 0.25) is 0 Å². The maximum atomic E-state index is 14.3. The van der Waals surface area contributed by atoms with Crippen LogP contribution in [0.4, 0.5) is 20.3 Å². The summed E-state index contributed by atoms with van der Waals surface area (Å²) in [6.45, 7) is 4.29. The smallest absolute Gasteiger partial charge is 0.329 e. The number of aryl methyl sites for hydroxylation is 1. The van der Waals surface area contributed by atoms with E-state index < -0.39 is 30.0 Å². The summed E-state index contributed by atoms with van der Waals surface area (Å²) in [7, 11) is 3.16. The highest BCUT2D eigenvalue weighted by Crippen LogP contribution is 2.37. The molecule has 4 saturated heterocycles. The summed E-state index contributed by atoms with van der Waals surface area (Å²) in [5.74, 6) is 6.53. The number of ether oxygens (including phenoxy) is 3. The Morgan fingerprint density at radius 2 is 1.88 bits per heavy atom. The van der Waals surface area contributed by atoms with Crippen molar-refractivity contribution in [1.82, 2.24) is 43.7 Å². The molecule has 65 heavy (non-hydrogen) atoms. The Morgan fingerprint density at radius 1 is 1.06 bits per heavy atom. The first-order valence-electron chi connectivity index (χ1n) is 22.4. The topological polar surface area (TPSA) is 184 Å². The third kappa shape index (κ3) is 8.25. The lowest BCUT2D eigenvalue weighted by Gasteiger charge is -2.36. The molecule has 0 radical (unpaired) electrons. The minimum atomic E-state index is -2.87. The molecular formula is C45H51F2N11O7. The highest BCUT2D eigenvalue weighted by atomic mass is 19.3. The molecule has 2 bridgehead atoms. The van der Waals surface area contributed by atoms with Gasteiger partial charge in [-0.2, -0.15) is 10.2 Å². The maximum absolute atomic E-state index is 14.3. The monoisotopic (exact) mass is 895 g/mol. The number of aromatic nitrogens is 7. The number of fused-ring (bicyclic) bond motifs is 4. The summed E-state index contributed by atoms with van der Waals surface area (Å²) < 4.78 is 52.1. The average molecular weight is 896 g/mol. The molecule has 1 unspecified atom stereocenters. The van der Waals surface area contributed by atoms with Crippen molar-refractivity contribution in [2.75, 3.05) is 56.7 Å². The Hall–Kier alpha value is -6.17. The summed E-state index contributed by atoms with van der Waals surface area (Å²) in [6.07, 6.45) is 8.53. The number of morpholine rings is 1. The molecule has 1 saturated carbocycles. The molecule has 5 fully saturated rings. The predicted octanol–water partition coefficient (Wildman–Crippen LogP) is 4.00. The van der Waals surface area contributed by atoms with E-state index >= 15 is 0 Å². The van der Waals surface area contributed by atoms with Gasteiger partial charge in [0, 0.05) is 52.0 Å². The molecule has 4 aromatic heterocycles. The first kappa shape index (κ1) is 42.8. The van der Waals surface area contributed by atoms with Gasteiger partial charge < -0.3 is 29.3 Å². The summed E-state index contributed by atoms with van der Waals surface area (Å²) in [4.78, 5) is 60.8. The summed E-state index contributed by atoms with van der Waals surface area (Å²) in [5.41, 5.74) is 1.27. The molecule has 1 aromatic carbocycles. The largest absolute Gasteiger partial charge is 0.495 e. The second kappa shape index (κ2) is 17.7. The quantitative estimate of drug-likeness (QED) is 0.144. The number of alkyl halides is 2. The van der Waals surface area contributed by atoms with Crippen LogP contribution in [0.25, 0.3) is 16.7 Å². The van der Waals surface area contributed by atoms with Crippen LogP contribution in [0.5, 0.6) is 5.75 Å². The molecule has 8 heterocycles. The molecule has 5 aliphatic rings. The van der Waals surface area contributed by atoms with Gasteiger partial charge >= 0.3 is 5.69 Å². The average Bonchev–Trinajstić information content (AvgIpc) is 4.16. The number of imide groups is 1. The van der Waals surface area contributed by atoms with Crippen LogP contribution >= 0.6 is 0 Å². The van der Waals surface area contributed by atoms with Crippen LogP contribution in [0, 0.1) is 17.8 Å². The van der Waals surface area contributed by atoms with E-state index in [0.717, 1.165) is 76.9 Å². The molecule has 2 N–H and O–H groups in total. The van der Waals surface area contributed by atoms with E-state index in [1.165, 1.54) is 33.2 Å². The van der Waals surface area contributed by atoms with Gasteiger partial charge in [-0.15, -0.1) is 0 Å². The van der Waals surface area contributed by atoms with Gasteiger partial charge in [0.15, 0.2) is 11.3 Å². The standard InChI is InChI=1S/C45H51F2N11O7/c1-53-40-31(36(63-2)11-9-34(40)58(45(53)62)35-10-12-38(59)51-44(35)61)4-3-19-64-29-13-16-54(17-14-29)22-26-5-7-27(8-6-26)57-24-33(39(52-57)41(46)47)49-43(60)32-21-48-56-18-15-37(50-42(32)56)55-23-30-20-28(55)25-65-30/h9,11,15,18,21,24,26-30,35,41H,5-8,10,12-14,16-17,19-20,22-23,25H2,1-2H3,(H,49,60)(H,51,59,61)/t26-,27-,28-,30-,35?/m1/s1. The number of benzene rings is 1. The second-order valence-corrected chi connectivity index (χ2v) is 17.7. The minimum absolute atomic E-state index is 0.0153. The van der Waals surface area contributed by atoms with Crippen LogP contribution in [0.1, 0.15) is 97.9 Å². The molecule has 0 spiro atoms. The molecule has 1 aliphatic carbocycles. The number of piperidine rings is 2. The number of nitrogens with one attached hydrogen (secondary N) is 2. The lowest BCUT2D eigenvalue weighted by atomic mass is 9.85. The van der Waals surface area contributed by atoms with Gasteiger partial charge in [-0.25, -0.2) is 23.1 Å². The highest BCUT2D eigenvalue weighted by Gasteiger charge is 2.40. The lowest BCUT2D eigenvalue weighted by Crippen LogP contribution is -2.44. The molecule has 5 aromatic rings. The van der Waals surface area contributed by atoms with E-state index in [1.807, 2.05) is 6.07 Å². The van der Waals surface area contributed by atoms with Crippen molar-refractivity contribution < 1.29 is 37.4 Å². The first-order valence-corrected chi connectivity index (χ1v) is 22.4. The third-order valence-corrected chi connectivity index (χ3v) is 13.8. The van der Waals surface area contributed by atoms with Gasteiger partial charge in [-0.1, -0.05) is 11.8 Å². The van der Waals surface area contributed by atoms with Crippen molar-refractivity contribution >= 4 is 45.9 Å². The summed E-state index contributed by atoms with van der Waals surface area (Å²) in [6, 6.07) is 4.69. The van der Waals surface area contributed by atoms with Crippen molar-refractivity contribution in [2.45, 2.75) is 94.5 Å². The zero-order chi connectivity index (χ0) is 44.9. The Labute approximate surface area is 372 Å². The van der Waals surface area contributed by atoms with Gasteiger partial charge in [0.25, 0.3) is 12.3 Å². The molecule has 10 rings (SSSR count). The molecule has 3 atom stereocenters. The van der Waals surface area contributed by atoms with Crippen LogP contribution in [-0.2, 0) is 26.1 Å². The van der Waals surface area contributed by atoms with Gasteiger partial charge in [-0.05, 0) is 75.5 Å². The number of hydrogen-bond acceptors (Lipinski definition) is 12. The van der Waals surface area contributed by atoms with Crippen molar-refractivity contribution in [3.05, 3.63) is 64.1 Å². The fraction of sp³-hybridized carbons (Fsp3) is 0.533. The van der Waals surface area contributed by atoms with Crippen LogP contribution in [0.15, 0.2) is 41.6 Å². The number of amides is 3. The fourth-order valence-electron chi connectivity index (χ4n) is 10.4. The maximum Gasteiger partial charge on any atom is 0.329 e. The van der Waals surface area contributed by atoms with Crippen molar-refractivity contribution in [1.29, 1.82) is 0 Å². The SMILES string of the molecule is COc1ccc2c(c1C#CCOC1CCN(C[C@H]3CC[C@H](n4cc(NC(=O)c5cnn6ccc(N7C[C@H]8C[C@@H]7CO8)nc56)c(C(F)F)n4)CC3)CC1)n(C)c(=O)n2C1CCC(=O)NC1=O. The fourth-order valence-corrected chi connectivity index (χ4v) is 10.4. The number of carbonyl (C=O) groups is 3. The van der Waals surface area contributed by atoms with Gasteiger partial charge in [0.1, 0.15) is 29.8 Å². The lowest BCUT2D eigenvalue weighted by molar-refractivity contribution is -0.135. The Balaban J connectivity index is 0.711. The van der Waals surface area contributed by atoms with Gasteiger partial charge in [-0.3, -0.25) is 33.5 Å². The van der Waals surface area contributed by atoms with Crippen molar-refractivity contribution in [3.63, 3.8) is 0 Å². The number of anilines is 2. The number of imidazole rings is 1.